The van der Waals surface area contributed by atoms with Crippen LogP contribution in [0, 0.1) is 0 Å². The normalized spacial score (nSPS) is 14.6. The molecule has 1 aliphatic heterocycles. The van der Waals surface area contributed by atoms with Gasteiger partial charge in [0.1, 0.15) is 5.69 Å². The van der Waals surface area contributed by atoms with Crippen LogP contribution in [-0.4, -0.2) is 29.3 Å². The fourth-order valence-electron chi connectivity index (χ4n) is 1.90. The lowest BCUT2D eigenvalue weighted by Gasteiger charge is -2.06. The zero-order valence-electron chi connectivity index (χ0n) is 9.03. The molecular weight excluding hydrogens is 222 g/mol. The number of nitrogens with one attached hydrogen (secondary N) is 1. The van der Waals surface area contributed by atoms with E-state index in [1.807, 2.05) is 0 Å². The average Bonchev–Trinajstić information content (AvgIpc) is 2.58. The highest BCUT2D eigenvalue weighted by atomic mass is 16.5. The van der Waals surface area contributed by atoms with Crippen molar-refractivity contribution in [2.45, 2.75) is 6.42 Å². The SMILES string of the molecule is O=C(O)c1cc2cc3c(cc2[nH]1)OCCCO3. The predicted octanol–water partition coefficient (Wildman–Crippen LogP) is 2.03. The van der Waals surface area contributed by atoms with Crippen LogP contribution in [0.5, 0.6) is 11.5 Å². The maximum absolute atomic E-state index is 10.9. The molecule has 2 N–H and O–H groups in total. The number of aromatic nitrogens is 1. The molecule has 0 fully saturated rings. The number of ether oxygens (including phenoxy) is 2. The van der Waals surface area contributed by atoms with Crippen molar-refractivity contribution in [3.63, 3.8) is 0 Å². The molecule has 0 unspecified atom stereocenters. The van der Waals surface area contributed by atoms with E-state index in [0.717, 1.165) is 17.3 Å². The number of fused-ring (bicyclic) bond motifs is 2. The van der Waals surface area contributed by atoms with E-state index < -0.39 is 5.97 Å². The summed E-state index contributed by atoms with van der Waals surface area (Å²) in [6.07, 6.45) is 0.850. The van der Waals surface area contributed by atoms with Gasteiger partial charge in [-0.1, -0.05) is 0 Å². The van der Waals surface area contributed by atoms with Crippen LogP contribution >= 0.6 is 0 Å². The molecule has 3 rings (SSSR count). The van der Waals surface area contributed by atoms with Gasteiger partial charge in [0.05, 0.1) is 18.7 Å². The number of aromatic amines is 1. The van der Waals surface area contributed by atoms with Crippen molar-refractivity contribution < 1.29 is 19.4 Å². The highest BCUT2D eigenvalue weighted by Gasteiger charge is 2.14. The molecule has 0 atom stereocenters. The van der Waals surface area contributed by atoms with Gasteiger partial charge < -0.3 is 19.6 Å². The van der Waals surface area contributed by atoms with Crippen molar-refractivity contribution in [1.82, 2.24) is 4.98 Å². The molecule has 5 nitrogen and oxygen atoms in total. The van der Waals surface area contributed by atoms with Crippen LogP contribution in [0.3, 0.4) is 0 Å². The second kappa shape index (κ2) is 3.69. The van der Waals surface area contributed by atoms with Crippen LogP contribution < -0.4 is 9.47 Å². The maximum atomic E-state index is 10.9. The van der Waals surface area contributed by atoms with Gasteiger partial charge in [0, 0.05) is 17.9 Å². The fraction of sp³-hybridized carbons (Fsp3) is 0.250. The van der Waals surface area contributed by atoms with Crippen molar-refractivity contribution in [2.24, 2.45) is 0 Å². The lowest BCUT2D eigenvalue weighted by molar-refractivity contribution is 0.0691. The van der Waals surface area contributed by atoms with Gasteiger partial charge in [-0.15, -0.1) is 0 Å². The molecular formula is C12H11NO4. The molecule has 0 saturated heterocycles. The summed E-state index contributed by atoms with van der Waals surface area (Å²) in [4.78, 5) is 13.7. The number of aromatic carboxylic acids is 1. The number of hydrogen-bond donors (Lipinski definition) is 2. The number of carboxylic acids is 1. The molecule has 0 bridgehead atoms. The molecule has 2 heterocycles. The van der Waals surface area contributed by atoms with Crippen molar-refractivity contribution in [1.29, 1.82) is 0 Å². The van der Waals surface area contributed by atoms with Crippen molar-refractivity contribution >= 4 is 16.9 Å². The smallest absolute Gasteiger partial charge is 0.352 e. The van der Waals surface area contributed by atoms with Crippen LogP contribution in [0.4, 0.5) is 0 Å². The number of benzene rings is 1. The van der Waals surface area contributed by atoms with E-state index in [2.05, 4.69) is 4.98 Å². The van der Waals surface area contributed by atoms with E-state index in [-0.39, 0.29) is 5.69 Å². The van der Waals surface area contributed by atoms with Crippen molar-refractivity contribution in [3.05, 3.63) is 23.9 Å². The summed E-state index contributed by atoms with van der Waals surface area (Å²) in [6.45, 7) is 1.24. The number of carboxylic acid groups (broad SMARTS) is 1. The molecule has 1 aromatic carbocycles. The molecule has 5 heteroatoms. The van der Waals surface area contributed by atoms with E-state index in [4.69, 9.17) is 14.6 Å². The Labute approximate surface area is 97.0 Å². The van der Waals surface area contributed by atoms with Crippen LogP contribution in [-0.2, 0) is 0 Å². The lowest BCUT2D eigenvalue weighted by Crippen LogP contribution is -1.97. The average molecular weight is 233 g/mol. The Morgan fingerprint density at radius 2 is 1.88 bits per heavy atom. The van der Waals surface area contributed by atoms with Gasteiger partial charge in [-0.3, -0.25) is 0 Å². The molecule has 0 amide bonds. The third-order valence-corrected chi connectivity index (χ3v) is 2.72. The Balaban J connectivity index is 2.15. The van der Waals surface area contributed by atoms with Gasteiger partial charge in [0.25, 0.3) is 0 Å². The lowest BCUT2D eigenvalue weighted by atomic mass is 10.2. The Morgan fingerprint density at radius 3 is 2.59 bits per heavy atom. The number of carbonyl (C=O) groups is 1. The molecule has 0 saturated carbocycles. The van der Waals surface area contributed by atoms with Gasteiger partial charge in [-0.2, -0.15) is 0 Å². The molecule has 17 heavy (non-hydrogen) atoms. The first-order valence-electron chi connectivity index (χ1n) is 5.40. The zero-order valence-corrected chi connectivity index (χ0v) is 9.03. The first-order valence-corrected chi connectivity index (χ1v) is 5.40. The predicted molar refractivity (Wildman–Crippen MR) is 60.9 cm³/mol. The minimum Gasteiger partial charge on any atom is -0.490 e. The third-order valence-electron chi connectivity index (χ3n) is 2.72. The minimum absolute atomic E-state index is 0.167. The number of H-pyrrole nitrogens is 1. The highest BCUT2D eigenvalue weighted by Crippen LogP contribution is 2.34. The molecule has 2 aromatic rings. The summed E-state index contributed by atoms with van der Waals surface area (Å²) in [5.74, 6) is 0.359. The van der Waals surface area contributed by atoms with E-state index in [1.165, 1.54) is 0 Å². The molecule has 0 spiro atoms. The second-order valence-corrected chi connectivity index (χ2v) is 3.92. The summed E-state index contributed by atoms with van der Waals surface area (Å²) < 4.78 is 11.1. The van der Waals surface area contributed by atoms with E-state index >= 15 is 0 Å². The standard InChI is InChI=1S/C12H11NO4/c14-12(15)9-4-7-5-10-11(6-8(7)13-9)17-3-1-2-16-10/h4-6,13H,1-3H2,(H,14,15). The number of hydrogen-bond acceptors (Lipinski definition) is 3. The summed E-state index contributed by atoms with van der Waals surface area (Å²) in [6, 6.07) is 5.17. The van der Waals surface area contributed by atoms with Crippen LogP contribution in [0.15, 0.2) is 18.2 Å². The molecule has 0 aliphatic carbocycles. The molecule has 0 radical (unpaired) electrons. The van der Waals surface area contributed by atoms with Crippen molar-refractivity contribution in [3.8, 4) is 11.5 Å². The molecule has 1 aromatic heterocycles. The topological polar surface area (TPSA) is 71.5 Å². The van der Waals surface area contributed by atoms with Gasteiger partial charge >= 0.3 is 5.97 Å². The van der Waals surface area contributed by atoms with Crippen molar-refractivity contribution in [2.75, 3.05) is 13.2 Å². The first kappa shape index (κ1) is 10.0. The van der Waals surface area contributed by atoms with Crippen LogP contribution in [0.25, 0.3) is 10.9 Å². The monoisotopic (exact) mass is 233 g/mol. The number of rotatable bonds is 1. The summed E-state index contributed by atoms with van der Waals surface area (Å²) >= 11 is 0. The maximum Gasteiger partial charge on any atom is 0.352 e. The van der Waals surface area contributed by atoms with Gasteiger partial charge in [0.15, 0.2) is 11.5 Å². The Hall–Kier alpha value is -2.17. The largest absolute Gasteiger partial charge is 0.490 e. The van der Waals surface area contributed by atoms with Gasteiger partial charge in [0.2, 0.25) is 0 Å². The highest BCUT2D eigenvalue weighted by molar-refractivity contribution is 5.94. The Morgan fingerprint density at radius 1 is 1.18 bits per heavy atom. The van der Waals surface area contributed by atoms with Gasteiger partial charge in [-0.25, -0.2) is 4.79 Å². The first-order chi connectivity index (χ1) is 8.24. The second-order valence-electron chi connectivity index (χ2n) is 3.92. The Bertz CT molecular complexity index is 544. The molecule has 1 aliphatic rings. The minimum atomic E-state index is -0.974. The van der Waals surface area contributed by atoms with Crippen LogP contribution in [0.2, 0.25) is 0 Å². The van der Waals surface area contributed by atoms with Crippen LogP contribution in [0.1, 0.15) is 16.9 Å². The van der Waals surface area contributed by atoms with E-state index in [9.17, 15) is 4.79 Å². The summed E-state index contributed by atoms with van der Waals surface area (Å²) in [7, 11) is 0. The third kappa shape index (κ3) is 1.69. The zero-order chi connectivity index (χ0) is 11.8. The van der Waals surface area contributed by atoms with E-state index in [0.29, 0.717) is 24.7 Å². The van der Waals surface area contributed by atoms with E-state index in [1.54, 1.807) is 18.2 Å². The summed E-state index contributed by atoms with van der Waals surface area (Å²) in [5, 5.41) is 9.71. The fourth-order valence-corrected chi connectivity index (χ4v) is 1.90. The quantitative estimate of drug-likeness (QED) is 0.790. The van der Waals surface area contributed by atoms with Gasteiger partial charge in [-0.05, 0) is 12.1 Å². The Kier molecular flexibility index (Phi) is 2.18. The summed E-state index contributed by atoms with van der Waals surface area (Å²) in [5.41, 5.74) is 0.909. The molecule has 88 valence electrons.